The van der Waals surface area contributed by atoms with Gasteiger partial charge in [0.2, 0.25) is 0 Å². The van der Waals surface area contributed by atoms with Gasteiger partial charge in [-0.1, -0.05) is 34.8 Å². The Bertz CT molecular complexity index is 1090. The van der Waals surface area contributed by atoms with Crippen LogP contribution < -0.4 is 9.47 Å². The Morgan fingerprint density at radius 3 is 1.90 bits per heavy atom. The van der Waals surface area contributed by atoms with Gasteiger partial charge in [0.05, 0.1) is 35.0 Å². The van der Waals surface area contributed by atoms with E-state index in [1.54, 1.807) is 0 Å². The summed E-state index contributed by atoms with van der Waals surface area (Å²) in [5.41, 5.74) is -1.03. The lowest BCUT2D eigenvalue weighted by Gasteiger charge is -2.15. The molecule has 0 aliphatic rings. The van der Waals surface area contributed by atoms with E-state index in [2.05, 4.69) is 4.98 Å². The Morgan fingerprint density at radius 2 is 1.40 bits per heavy atom. The summed E-state index contributed by atoms with van der Waals surface area (Å²) in [6, 6.07) is 6.35. The predicted molar refractivity (Wildman–Crippen MR) is 110 cm³/mol. The highest BCUT2D eigenvalue weighted by atomic mass is 35.5. The number of methoxy groups -OCH3 is 2. The summed E-state index contributed by atoms with van der Waals surface area (Å²) in [6.45, 7) is 0. The molecule has 10 heteroatoms. The van der Waals surface area contributed by atoms with E-state index in [9.17, 15) is 18.7 Å². The predicted octanol–water partition coefficient (Wildman–Crippen LogP) is 6.37. The fourth-order valence-electron chi connectivity index (χ4n) is 2.84. The van der Waals surface area contributed by atoms with E-state index in [4.69, 9.17) is 44.3 Å². The number of carboxylic acids is 1. The molecule has 0 saturated heterocycles. The SMILES string of the molecule is COc1c(Cl)ccc(-c2cc(C(=O)O)nc(-c3ccc(Cl)c(OC)c3F)c2Cl)c1F. The first-order chi connectivity index (χ1) is 14.2. The molecule has 0 atom stereocenters. The van der Waals surface area contributed by atoms with E-state index in [1.807, 2.05) is 0 Å². The third-order valence-electron chi connectivity index (χ3n) is 4.23. The molecule has 5 nitrogen and oxygen atoms in total. The maximum atomic E-state index is 15.0. The number of benzene rings is 2. The van der Waals surface area contributed by atoms with Gasteiger partial charge in [0.15, 0.2) is 23.1 Å². The molecule has 0 fully saturated rings. The molecule has 0 unspecified atom stereocenters. The molecular weight excluding hydrogens is 463 g/mol. The van der Waals surface area contributed by atoms with E-state index in [-0.39, 0.29) is 49.0 Å². The van der Waals surface area contributed by atoms with Gasteiger partial charge in [-0.2, -0.15) is 0 Å². The number of hydrogen-bond donors (Lipinski definition) is 1. The number of aromatic carboxylic acids is 1. The highest BCUT2D eigenvalue weighted by Gasteiger charge is 2.25. The zero-order valence-electron chi connectivity index (χ0n) is 15.4. The van der Waals surface area contributed by atoms with Gasteiger partial charge in [0, 0.05) is 16.7 Å². The number of rotatable bonds is 5. The molecule has 1 N–H and O–H groups in total. The minimum Gasteiger partial charge on any atom is -0.492 e. The average Bonchev–Trinajstić information content (AvgIpc) is 2.70. The standard InChI is InChI=1S/C20H12Cl3F2NO4/c1-29-18-11(21)5-3-8(15(18)24)10-7-13(20(27)28)26-17(14(10)23)9-4-6-12(22)19(30-2)16(9)25/h3-7H,1-2H3,(H,27,28). The monoisotopic (exact) mass is 473 g/mol. The van der Waals surface area contributed by atoms with Gasteiger partial charge >= 0.3 is 5.97 Å². The average molecular weight is 475 g/mol. The largest absolute Gasteiger partial charge is 0.492 e. The first-order valence-electron chi connectivity index (χ1n) is 8.19. The van der Waals surface area contributed by atoms with Crippen molar-refractivity contribution < 1.29 is 28.2 Å². The van der Waals surface area contributed by atoms with Crippen molar-refractivity contribution in [3.05, 3.63) is 62.7 Å². The molecule has 0 aliphatic heterocycles. The highest BCUT2D eigenvalue weighted by molar-refractivity contribution is 6.36. The van der Waals surface area contributed by atoms with Crippen LogP contribution in [0.25, 0.3) is 22.4 Å². The number of carbonyl (C=O) groups is 1. The minimum atomic E-state index is -1.42. The summed E-state index contributed by atoms with van der Waals surface area (Å²) in [7, 11) is 2.45. The number of ether oxygens (including phenoxy) is 2. The first kappa shape index (κ1) is 22.1. The maximum Gasteiger partial charge on any atom is 0.354 e. The van der Waals surface area contributed by atoms with Crippen LogP contribution in [0.3, 0.4) is 0 Å². The third-order valence-corrected chi connectivity index (χ3v) is 5.21. The molecule has 1 heterocycles. The van der Waals surface area contributed by atoms with Gasteiger partial charge < -0.3 is 14.6 Å². The van der Waals surface area contributed by atoms with Gasteiger partial charge in [-0.25, -0.2) is 18.6 Å². The maximum absolute atomic E-state index is 15.0. The molecule has 0 amide bonds. The number of hydrogen-bond acceptors (Lipinski definition) is 4. The molecular formula is C20H12Cl3F2NO4. The van der Waals surface area contributed by atoms with Crippen molar-refractivity contribution in [1.82, 2.24) is 4.98 Å². The molecule has 1 aromatic heterocycles. The quantitative estimate of drug-likeness (QED) is 0.465. The van der Waals surface area contributed by atoms with Gasteiger partial charge in [-0.15, -0.1) is 0 Å². The summed E-state index contributed by atoms with van der Waals surface area (Å²) in [4.78, 5) is 15.6. The fourth-order valence-corrected chi connectivity index (χ4v) is 3.59. The Labute approximate surface area is 184 Å². The topological polar surface area (TPSA) is 68.7 Å². The van der Waals surface area contributed by atoms with E-state index in [1.165, 1.54) is 38.5 Å². The second-order valence-electron chi connectivity index (χ2n) is 5.91. The first-order valence-corrected chi connectivity index (χ1v) is 9.33. The van der Waals surface area contributed by atoms with E-state index < -0.39 is 23.3 Å². The molecule has 0 saturated carbocycles. The molecule has 30 heavy (non-hydrogen) atoms. The molecule has 0 aliphatic carbocycles. The zero-order valence-corrected chi connectivity index (χ0v) is 17.7. The van der Waals surface area contributed by atoms with Crippen molar-refractivity contribution in [2.24, 2.45) is 0 Å². The van der Waals surface area contributed by atoms with Crippen molar-refractivity contribution in [3.8, 4) is 33.9 Å². The van der Waals surface area contributed by atoms with Crippen LogP contribution in [0.2, 0.25) is 15.1 Å². The fraction of sp³-hybridized carbons (Fsp3) is 0.100. The lowest BCUT2D eigenvalue weighted by atomic mass is 10.0. The van der Waals surface area contributed by atoms with Crippen LogP contribution in [0.5, 0.6) is 11.5 Å². The number of halogens is 5. The second kappa shape index (κ2) is 8.63. The Hall–Kier alpha value is -2.61. The van der Waals surface area contributed by atoms with Crippen LogP contribution in [-0.4, -0.2) is 30.3 Å². The number of nitrogens with zero attached hydrogens (tertiary/aromatic N) is 1. The molecule has 156 valence electrons. The molecule has 0 radical (unpaired) electrons. The lowest BCUT2D eigenvalue weighted by Crippen LogP contribution is -2.05. The Kier molecular flexibility index (Phi) is 6.36. The second-order valence-corrected chi connectivity index (χ2v) is 7.10. The minimum absolute atomic E-state index is 0.00188. The Morgan fingerprint density at radius 1 is 0.900 bits per heavy atom. The molecule has 2 aromatic carbocycles. The van der Waals surface area contributed by atoms with Gasteiger partial charge in [-0.3, -0.25) is 0 Å². The number of aromatic nitrogens is 1. The van der Waals surface area contributed by atoms with Crippen LogP contribution in [0.1, 0.15) is 10.5 Å². The summed E-state index contributed by atoms with van der Waals surface area (Å²) in [6.07, 6.45) is 0. The normalized spacial score (nSPS) is 10.8. The van der Waals surface area contributed by atoms with Crippen molar-refractivity contribution in [2.45, 2.75) is 0 Å². The van der Waals surface area contributed by atoms with Crippen LogP contribution in [0.15, 0.2) is 30.3 Å². The molecule has 3 aromatic rings. The molecule has 3 rings (SSSR count). The highest BCUT2D eigenvalue weighted by Crippen LogP contribution is 2.43. The molecule has 0 bridgehead atoms. The zero-order chi connectivity index (χ0) is 22.2. The smallest absolute Gasteiger partial charge is 0.354 e. The summed E-state index contributed by atoms with van der Waals surface area (Å²) >= 11 is 18.3. The van der Waals surface area contributed by atoms with Crippen LogP contribution in [-0.2, 0) is 0 Å². The summed E-state index contributed by atoms with van der Waals surface area (Å²) in [5.74, 6) is -3.71. The van der Waals surface area contributed by atoms with E-state index in [0.29, 0.717) is 0 Å². The number of pyridine rings is 1. The lowest BCUT2D eigenvalue weighted by molar-refractivity contribution is 0.0690. The van der Waals surface area contributed by atoms with Gasteiger partial charge in [0.25, 0.3) is 0 Å². The van der Waals surface area contributed by atoms with Gasteiger partial charge in [-0.05, 0) is 30.3 Å². The van der Waals surface area contributed by atoms with Crippen molar-refractivity contribution in [1.29, 1.82) is 0 Å². The van der Waals surface area contributed by atoms with Gasteiger partial charge in [0.1, 0.15) is 5.69 Å². The van der Waals surface area contributed by atoms with Crippen molar-refractivity contribution >= 4 is 40.8 Å². The third kappa shape index (κ3) is 3.76. The summed E-state index contributed by atoms with van der Waals surface area (Å²) in [5, 5.41) is 9.28. The van der Waals surface area contributed by atoms with Crippen LogP contribution in [0.4, 0.5) is 8.78 Å². The molecule has 0 spiro atoms. The summed E-state index contributed by atoms with van der Waals surface area (Å²) < 4.78 is 39.8. The van der Waals surface area contributed by atoms with Crippen LogP contribution >= 0.6 is 34.8 Å². The van der Waals surface area contributed by atoms with Crippen LogP contribution in [0, 0.1) is 11.6 Å². The van der Waals surface area contributed by atoms with E-state index >= 15 is 0 Å². The van der Waals surface area contributed by atoms with E-state index in [0.717, 1.165) is 6.07 Å². The van der Waals surface area contributed by atoms with Crippen molar-refractivity contribution in [2.75, 3.05) is 14.2 Å². The Balaban J connectivity index is 2.37. The number of carboxylic acid groups (broad SMARTS) is 1. The van der Waals surface area contributed by atoms with Crippen molar-refractivity contribution in [3.63, 3.8) is 0 Å².